The zero-order valence-corrected chi connectivity index (χ0v) is 7.95. The third-order valence-corrected chi connectivity index (χ3v) is 1.90. The minimum absolute atomic E-state index is 0.390. The minimum Gasteiger partial charge on any atom is -0.394 e. The Hall–Kier alpha value is -1.32. The molecular weight excluding hydrogens is 164 g/mol. The van der Waals surface area contributed by atoms with E-state index in [-0.39, 0.29) is 0 Å². The molecule has 0 aliphatic rings. The van der Waals surface area contributed by atoms with Gasteiger partial charge in [0.25, 0.3) is 0 Å². The first-order chi connectivity index (χ1) is 6.24. The molecule has 0 amide bonds. The van der Waals surface area contributed by atoms with Crippen LogP contribution < -0.4 is 11.5 Å². The van der Waals surface area contributed by atoms with Crippen LogP contribution in [0.4, 0.5) is 11.5 Å². The van der Waals surface area contributed by atoms with Gasteiger partial charge in [0.15, 0.2) is 0 Å². The Kier molecular flexibility index (Phi) is 3.49. The molecule has 1 rings (SSSR count). The summed E-state index contributed by atoms with van der Waals surface area (Å²) in [6.07, 6.45) is 5.97. The number of hydrogen-bond donors (Lipinski definition) is 2. The standard InChI is InChI=1S/C9H16N4/c1-2-3-4-5-8-12-6-7(10)9(11)13-8/h6H,2-5,10H2,1H3,(H2,11,12,13). The van der Waals surface area contributed by atoms with E-state index in [0.29, 0.717) is 11.5 Å². The van der Waals surface area contributed by atoms with Gasteiger partial charge in [-0.05, 0) is 6.42 Å². The Labute approximate surface area is 78.4 Å². The van der Waals surface area contributed by atoms with E-state index < -0.39 is 0 Å². The number of anilines is 2. The molecule has 4 nitrogen and oxygen atoms in total. The summed E-state index contributed by atoms with van der Waals surface area (Å²) in [5.41, 5.74) is 11.5. The third kappa shape index (κ3) is 2.89. The summed E-state index contributed by atoms with van der Waals surface area (Å²) in [5, 5.41) is 0. The van der Waals surface area contributed by atoms with Gasteiger partial charge >= 0.3 is 0 Å². The van der Waals surface area contributed by atoms with Crippen LogP contribution in [-0.2, 0) is 6.42 Å². The maximum atomic E-state index is 5.55. The predicted molar refractivity (Wildman–Crippen MR) is 54.1 cm³/mol. The van der Waals surface area contributed by atoms with Crippen molar-refractivity contribution >= 4 is 11.5 Å². The van der Waals surface area contributed by atoms with Crippen LogP contribution in [0, 0.1) is 0 Å². The predicted octanol–water partition coefficient (Wildman–Crippen LogP) is 1.37. The summed E-state index contributed by atoms with van der Waals surface area (Å²) >= 11 is 0. The monoisotopic (exact) mass is 180 g/mol. The van der Waals surface area contributed by atoms with Crippen molar-refractivity contribution in [2.45, 2.75) is 32.6 Å². The SMILES string of the molecule is CCCCCc1ncc(N)c(N)n1. The first kappa shape index (κ1) is 9.77. The second kappa shape index (κ2) is 4.64. The van der Waals surface area contributed by atoms with E-state index in [4.69, 9.17) is 11.5 Å². The van der Waals surface area contributed by atoms with Crippen LogP contribution in [0.5, 0.6) is 0 Å². The highest BCUT2D eigenvalue weighted by molar-refractivity contribution is 5.55. The van der Waals surface area contributed by atoms with Crippen LogP contribution in [0.2, 0.25) is 0 Å². The molecule has 13 heavy (non-hydrogen) atoms. The van der Waals surface area contributed by atoms with Crippen LogP contribution in [0.25, 0.3) is 0 Å². The zero-order chi connectivity index (χ0) is 9.68. The van der Waals surface area contributed by atoms with Crippen molar-refractivity contribution in [3.63, 3.8) is 0 Å². The summed E-state index contributed by atoms with van der Waals surface area (Å²) in [5.74, 6) is 1.18. The van der Waals surface area contributed by atoms with E-state index >= 15 is 0 Å². The number of hydrogen-bond acceptors (Lipinski definition) is 4. The van der Waals surface area contributed by atoms with Gasteiger partial charge in [0, 0.05) is 6.42 Å². The first-order valence-corrected chi connectivity index (χ1v) is 4.61. The molecule has 0 aliphatic carbocycles. The molecule has 0 aliphatic heterocycles. The summed E-state index contributed by atoms with van der Waals surface area (Å²) in [6, 6.07) is 0. The molecule has 4 N–H and O–H groups in total. The summed E-state index contributed by atoms with van der Waals surface area (Å²) in [6.45, 7) is 2.16. The Morgan fingerprint density at radius 3 is 2.69 bits per heavy atom. The fourth-order valence-corrected chi connectivity index (χ4v) is 1.10. The van der Waals surface area contributed by atoms with Crippen molar-refractivity contribution in [2.24, 2.45) is 0 Å². The Bertz CT molecular complexity index is 272. The number of nitrogens with zero attached hydrogens (tertiary/aromatic N) is 2. The lowest BCUT2D eigenvalue weighted by Gasteiger charge is -2.01. The van der Waals surface area contributed by atoms with E-state index in [1.54, 1.807) is 6.20 Å². The maximum absolute atomic E-state index is 5.55. The van der Waals surface area contributed by atoms with Crippen molar-refractivity contribution < 1.29 is 0 Å². The lowest BCUT2D eigenvalue weighted by molar-refractivity contribution is 0.694. The zero-order valence-electron chi connectivity index (χ0n) is 7.95. The quantitative estimate of drug-likeness (QED) is 0.686. The summed E-state index contributed by atoms with van der Waals surface area (Å²) in [4.78, 5) is 8.18. The van der Waals surface area contributed by atoms with Gasteiger partial charge < -0.3 is 11.5 Å². The average Bonchev–Trinajstić information content (AvgIpc) is 2.12. The highest BCUT2D eigenvalue weighted by Gasteiger charge is 1.99. The lowest BCUT2D eigenvalue weighted by Crippen LogP contribution is -2.03. The van der Waals surface area contributed by atoms with Gasteiger partial charge in [-0.15, -0.1) is 0 Å². The fraction of sp³-hybridized carbons (Fsp3) is 0.556. The second-order valence-electron chi connectivity index (χ2n) is 3.08. The summed E-state index contributed by atoms with van der Waals surface area (Å²) in [7, 11) is 0. The molecule has 0 saturated carbocycles. The Morgan fingerprint density at radius 1 is 1.31 bits per heavy atom. The van der Waals surface area contributed by atoms with Gasteiger partial charge in [0.05, 0.1) is 11.9 Å². The molecule has 0 atom stereocenters. The third-order valence-electron chi connectivity index (χ3n) is 1.90. The molecular formula is C9H16N4. The summed E-state index contributed by atoms with van der Waals surface area (Å²) < 4.78 is 0. The van der Waals surface area contributed by atoms with E-state index in [9.17, 15) is 0 Å². The molecule has 0 bridgehead atoms. The van der Waals surface area contributed by atoms with Gasteiger partial charge in [-0.25, -0.2) is 9.97 Å². The Balaban J connectivity index is 2.53. The number of unbranched alkanes of at least 4 members (excludes halogenated alkanes) is 2. The molecule has 72 valence electrons. The van der Waals surface area contributed by atoms with Gasteiger partial charge in [-0.2, -0.15) is 0 Å². The van der Waals surface area contributed by atoms with E-state index in [2.05, 4.69) is 16.9 Å². The number of nitrogen functional groups attached to an aromatic ring is 2. The van der Waals surface area contributed by atoms with Gasteiger partial charge in [0.2, 0.25) is 0 Å². The molecule has 0 spiro atoms. The molecule has 0 saturated heterocycles. The Morgan fingerprint density at radius 2 is 2.08 bits per heavy atom. The molecule has 0 aromatic carbocycles. The molecule has 0 fully saturated rings. The van der Waals surface area contributed by atoms with E-state index in [0.717, 1.165) is 18.7 Å². The number of aryl methyl sites for hydroxylation is 1. The highest BCUT2D eigenvalue weighted by Crippen LogP contribution is 2.10. The second-order valence-corrected chi connectivity index (χ2v) is 3.08. The fourth-order valence-electron chi connectivity index (χ4n) is 1.10. The molecule has 1 aromatic rings. The van der Waals surface area contributed by atoms with Gasteiger partial charge in [-0.3, -0.25) is 0 Å². The average molecular weight is 180 g/mol. The van der Waals surface area contributed by atoms with Crippen LogP contribution in [0.1, 0.15) is 32.0 Å². The van der Waals surface area contributed by atoms with Crippen LogP contribution in [0.15, 0.2) is 6.20 Å². The minimum atomic E-state index is 0.390. The van der Waals surface area contributed by atoms with Crippen LogP contribution in [0.3, 0.4) is 0 Å². The number of nitrogens with two attached hydrogens (primary N) is 2. The lowest BCUT2D eigenvalue weighted by atomic mass is 10.2. The normalized spacial score (nSPS) is 10.2. The smallest absolute Gasteiger partial charge is 0.150 e. The van der Waals surface area contributed by atoms with Crippen molar-refractivity contribution in [2.75, 3.05) is 11.5 Å². The molecule has 0 unspecified atom stereocenters. The van der Waals surface area contributed by atoms with Crippen molar-refractivity contribution in [1.82, 2.24) is 9.97 Å². The molecule has 0 radical (unpaired) electrons. The van der Waals surface area contributed by atoms with Crippen molar-refractivity contribution in [3.8, 4) is 0 Å². The molecule has 4 heteroatoms. The van der Waals surface area contributed by atoms with E-state index in [1.165, 1.54) is 12.8 Å². The molecule has 1 aromatic heterocycles. The van der Waals surface area contributed by atoms with Crippen molar-refractivity contribution in [1.29, 1.82) is 0 Å². The molecule has 1 heterocycles. The van der Waals surface area contributed by atoms with Crippen LogP contribution in [-0.4, -0.2) is 9.97 Å². The highest BCUT2D eigenvalue weighted by atomic mass is 15.0. The number of rotatable bonds is 4. The topological polar surface area (TPSA) is 77.8 Å². The largest absolute Gasteiger partial charge is 0.394 e. The van der Waals surface area contributed by atoms with Crippen LogP contribution >= 0.6 is 0 Å². The first-order valence-electron chi connectivity index (χ1n) is 4.61. The maximum Gasteiger partial charge on any atom is 0.150 e. The van der Waals surface area contributed by atoms with Gasteiger partial charge in [-0.1, -0.05) is 19.8 Å². The van der Waals surface area contributed by atoms with Crippen molar-refractivity contribution in [3.05, 3.63) is 12.0 Å². The number of aromatic nitrogens is 2. The van der Waals surface area contributed by atoms with Gasteiger partial charge in [0.1, 0.15) is 11.6 Å². The van der Waals surface area contributed by atoms with E-state index in [1.807, 2.05) is 0 Å².